The molecule has 2 N–H and O–H groups in total. The lowest BCUT2D eigenvalue weighted by Gasteiger charge is -2.21. The fourth-order valence-electron chi connectivity index (χ4n) is 1.28. The molecule has 18 heavy (non-hydrogen) atoms. The zero-order valence-corrected chi connectivity index (χ0v) is 10.7. The normalized spacial score (nSPS) is 16.1. The molecule has 1 aromatic carbocycles. The molecule has 0 amide bonds. The third-order valence-electron chi connectivity index (χ3n) is 2.50. The molecule has 0 aliphatic rings. The summed E-state index contributed by atoms with van der Waals surface area (Å²) in [6, 6.07) is 3.56. The average Bonchev–Trinajstić information content (AvgIpc) is 2.29. The highest BCUT2D eigenvalue weighted by molar-refractivity contribution is 6.30. The molecule has 1 rings (SSSR count). The van der Waals surface area contributed by atoms with E-state index in [9.17, 15) is 14.3 Å². The van der Waals surface area contributed by atoms with Crippen LogP contribution in [-0.2, 0) is 9.53 Å². The average molecular weight is 277 g/mol. The molecule has 1 aromatic rings. The lowest BCUT2D eigenvalue weighted by Crippen LogP contribution is -2.28. The Bertz CT molecular complexity index is 436. The number of carboxylic acid groups (broad SMARTS) is 1. The van der Waals surface area contributed by atoms with Gasteiger partial charge in [0.25, 0.3) is 0 Å². The molecule has 0 heterocycles. The number of carbonyl (C=O) groups is 1. The van der Waals surface area contributed by atoms with Gasteiger partial charge in [0.2, 0.25) is 0 Å². The van der Waals surface area contributed by atoms with E-state index in [-0.39, 0.29) is 10.6 Å². The first-order valence-electron chi connectivity index (χ1n) is 5.34. The van der Waals surface area contributed by atoms with Crippen molar-refractivity contribution in [2.24, 2.45) is 0 Å². The second kappa shape index (κ2) is 6.13. The molecule has 0 saturated carbocycles. The van der Waals surface area contributed by atoms with Crippen LogP contribution < -0.4 is 0 Å². The number of aliphatic hydroxyl groups is 1. The molecule has 0 saturated heterocycles. The molecular formula is C12H14ClFO4. The van der Waals surface area contributed by atoms with Crippen LogP contribution in [0, 0.1) is 5.82 Å². The van der Waals surface area contributed by atoms with Gasteiger partial charge in [-0.05, 0) is 31.5 Å². The standard InChI is InChI=1S/C12H14ClFO4/c1-6(15)7(2)18-11(12(16)17)8-3-4-10(14)9(13)5-8/h3-7,11,15H,1-2H3,(H,16,17). The second-order valence-electron chi connectivity index (χ2n) is 3.97. The van der Waals surface area contributed by atoms with E-state index in [1.807, 2.05) is 0 Å². The number of aliphatic carboxylic acids is 1. The Morgan fingerprint density at radius 2 is 2.06 bits per heavy atom. The van der Waals surface area contributed by atoms with Crippen molar-refractivity contribution in [1.82, 2.24) is 0 Å². The first-order chi connectivity index (χ1) is 8.32. The van der Waals surface area contributed by atoms with E-state index in [0.29, 0.717) is 0 Å². The predicted octanol–water partition coefficient (Wildman–Crippen LogP) is 2.39. The van der Waals surface area contributed by atoms with Gasteiger partial charge in [0.05, 0.1) is 17.2 Å². The highest BCUT2D eigenvalue weighted by atomic mass is 35.5. The van der Waals surface area contributed by atoms with Crippen molar-refractivity contribution in [3.8, 4) is 0 Å². The van der Waals surface area contributed by atoms with Gasteiger partial charge in [0.1, 0.15) is 5.82 Å². The van der Waals surface area contributed by atoms with Gasteiger partial charge in [-0.3, -0.25) is 0 Å². The first-order valence-corrected chi connectivity index (χ1v) is 5.72. The van der Waals surface area contributed by atoms with Crippen LogP contribution in [0.4, 0.5) is 4.39 Å². The summed E-state index contributed by atoms with van der Waals surface area (Å²) in [5.41, 5.74) is 0.224. The number of ether oxygens (including phenoxy) is 1. The zero-order chi connectivity index (χ0) is 13.9. The molecular weight excluding hydrogens is 263 g/mol. The van der Waals surface area contributed by atoms with Crippen LogP contribution in [0.25, 0.3) is 0 Å². The smallest absolute Gasteiger partial charge is 0.337 e. The predicted molar refractivity (Wildman–Crippen MR) is 64.0 cm³/mol. The van der Waals surface area contributed by atoms with Crippen molar-refractivity contribution in [1.29, 1.82) is 0 Å². The number of aliphatic hydroxyl groups excluding tert-OH is 1. The van der Waals surface area contributed by atoms with Gasteiger partial charge in [-0.25, -0.2) is 9.18 Å². The highest BCUT2D eigenvalue weighted by Crippen LogP contribution is 2.25. The molecule has 0 aliphatic carbocycles. The summed E-state index contributed by atoms with van der Waals surface area (Å²) >= 11 is 5.59. The van der Waals surface area contributed by atoms with Crippen LogP contribution in [-0.4, -0.2) is 28.4 Å². The molecule has 0 fully saturated rings. The van der Waals surface area contributed by atoms with Crippen molar-refractivity contribution in [3.05, 3.63) is 34.6 Å². The van der Waals surface area contributed by atoms with E-state index in [4.69, 9.17) is 21.4 Å². The number of rotatable bonds is 5. The second-order valence-corrected chi connectivity index (χ2v) is 4.38. The molecule has 100 valence electrons. The largest absolute Gasteiger partial charge is 0.479 e. The Morgan fingerprint density at radius 3 is 2.50 bits per heavy atom. The van der Waals surface area contributed by atoms with Gasteiger partial charge in [-0.2, -0.15) is 0 Å². The molecule has 6 heteroatoms. The topological polar surface area (TPSA) is 66.8 Å². The first kappa shape index (κ1) is 14.9. The maximum atomic E-state index is 13.0. The fourth-order valence-corrected chi connectivity index (χ4v) is 1.47. The summed E-state index contributed by atoms with van der Waals surface area (Å²) in [6.07, 6.45) is -2.79. The minimum Gasteiger partial charge on any atom is -0.479 e. The van der Waals surface area contributed by atoms with Crippen LogP contribution in [0.1, 0.15) is 25.5 Å². The van der Waals surface area contributed by atoms with Crippen molar-refractivity contribution in [3.63, 3.8) is 0 Å². The van der Waals surface area contributed by atoms with Gasteiger partial charge in [0, 0.05) is 0 Å². The Balaban J connectivity index is 2.97. The van der Waals surface area contributed by atoms with Crippen LogP contribution in [0.15, 0.2) is 18.2 Å². The van der Waals surface area contributed by atoms with Crippen LogP contribution in [0.2, 0.25) is 5.02 Å². The van der Waals surface area contributed by atoms with Crippen LogP contribution in [0.3, 0.4) is 0 Å². The molecule has 0 aliphatic heterocycles. The quantitative estimate of drug-likeness (QED) is 0.866. The molecule has 4 nitrogen and oxygen atoms in total. The summed E-state index contributed by atoms with van der Waals surface area (Å²) in [4.78, 5) is 11.1. The molecule has 0 aromatic heterocycles. The van der Waals surface area contributed by atoms with Gasteiger partial charge >= 0.3 is 5.97 Å². The molecule has 3 atom stereocenters. The van der Waals surface area contributed by atoms with Crippen LogP contribution >= 0.6 is 11.6 Å². The molecule has 0 spiro atoms. The van der Waals surface area contributed by atoms with E-state index in [1.54, 1.807) is 6.92 Å². The van der Waals surface area contributed by atoms with Gasteiger partial charge in [-0.1, -0.05) is 17.7 Å². The number of hydrogen-bond acceptors (Lipinski definition) is 3. The van der Waals surface area contributed by atoms with Gasteiger partial charge in [-0.15, -0.1) is 0 Å². The van der Waals surface area contributed by atoms with Crippen molar-refractivity contribution in [2.75, 3.05) is 0 Å². The molecule has 0 radical (unpaired) electrons. The number of carboxylic acids is 1. The van der Waals surface area contributed by atoms with E-state index >= 15 is 0 Å². The Labute approximate surface area is 109 Å². The van der Waals surface area contributed by atoms with Crippen LogP contribution in [0.5, 0.6) is 0 Å². The maximum Gasteiger partial charge on any atom is 0.337 e. The SMILES string of the molecule is CC(O)C(C)OC(C(=O)O)c1ccc(F)c(Cl)c1. The third-order valence-corrected chi connectivity index (χ3v) is 2.79. The highest BCUT2D eigenvalue weighted by Gasteiger charge is 2.25. The molecule has 0 bridgehead atoms. The number of halogens is 2. The van der Waals surface area contributed by atoms with E-state index in [2.05, 4.69) is 0 Å². The monoisotopic (exact) mass is 276 g/mol. The fraction of sp³-hybridized carbons (Fsp3) is 0.417. The number of benzene rings is 1. The van der Waals surface area contributed by atoms with Gasteiger partial charge in [0.15, 0.2) is 6.10 Å². The lowest BCUT2D eigenvalue weighted by molar-refractivity contribution is -0.158. The van der Waals surface area contributed by atoms with Gasteiger partial charge < -0.3 is 14.9 Å². The summed E-state index contributed by atoms with van der Waals surface area (Å²) in [5.74, 6) is -1.86. The maximum absolute atomic E-state index is 13.0. The lowest BCUT2D eigenvalue weighted by atomic mass is 10.1. The summed E-state index contributed by atoms with van der Waals surface area (Å²) < 4.78 is 18.2. The third kappa shape index (κ3) is 3.66. The van der Waals surface area contributed by atoms with Crippen molar-refractivity contribution < 1.29 is 24.1 Å². The Hall–Kier alpha value is -1.17. The summed E-state index contributed by atoms with van der Waals surface area (Å²) in [6.45, 7) is 3.03. The minimum atomic E-state index is -1.30. The minimum absolute atomic E-state index is 0.174. The Morgan fingerprint density at radius 1 is 1.44 bits per heavy atom. The van der Waals surface area contributed by atoms with E-state index in [1.165, 1.54) is 19.1 Å². The zero-order valence-electron chi connectivity index (χ0n) is 9.93. The van der Waals surface area contributed by atoms with E-state index < -0.39 is 30.1 Å². The Kier molecular flexibility index (Phi) is 5.07. The van der Waals surface area contributed by atoms with Crippen molar-refractivity contribution in [2.45, 2.75) is 32.2 Å². The summed E-state index contributed by atoms with van der Waals surface area (Å²) in [5, 5.41) is 18.2. The summed E-state index contributed by atoms with van der Waals surface area (Å²) in [7, 11) is 0. The van der Waals surface area contributed by atoms with E-state index in [0.717, 1.165) is 6.07 Å². The number of hydrogen-bond donors (Lipinski definition) is 2. The molecule has 3 unspecified atom stereocenters. The van der Waals surface area contributed by atoms with Crippen molar-refractivity contribution >= 4 is 17.6 Å².